The van der Waals surface area contributed by atoms with Crippen LogP contribution in [0.25, 0.3) is 16.8 Å². The van der Waals surface area contributed by atoms with Crippen LogP contribution in [0.1, 0.15) is 5.82 Å². The standard InChI is InChI=1S/C13H10ClN3/c1-9-15-13-8-11(7-12(14)17(13)16-9)10-5-3-2-4-6-10/h2-8H,1H3. The van der Waals surface area contributed by atoms with Crippen molar-refractivity contribution in [1.29, 1.82) is 0 Å². The van der Waals surface area contributed by atoms with Gasteiger partial charge in [-0.05, 0) is 30.2 Å². The second-order valence-electron chi connectivity index (χ2n) is 3.86. The molecule has 0 fully saturated rings. The van der Waals surface area contributed by atoms with Crippen molar-refractivity contribution in [3.05, 3.63) is 53.4 Å². The van der Waals surface area contributed by atoms with Gasteiger partial charge < -0.3 is 0 Å². The Bertz CT molecular complexity index is 674. The largest absolute Gasteiger partial charge is 0.212 e. The SMILES string of the molecule is Cc1nc2cc(-c3ccccc3)cc(Cl)n2n1. The van der Waals surface area contributed by atoms with E-state index >= 15 is 0 Å². The summed E-state index contributed by atoms with van der Waals surface area (Å²) >= 11 is 6.19. The van der Waals surface area contributed by atoms with E-state index in [1.807, 2.05) is 49.4 Å². The zero-order valence-corrected chi connectivity index (χ0v) is 10.0. The molecule has 3 aromatic rings. The van der Waals surface area contributed by atoms with Gasteiger partial charge in [0.1, 0.15) is 11.0 Å². The third kappa shape index (κ3) is 1.78. The second-order valence-corrected chi connectivity index (χ2v) is 4.25. The Morgan fingerprint density at radius 3 is 2.59 bits per heavy atom. The van der Waals surface area contributed by atoms with Crippen LogP contribution in [0.3, 0.4) is 0 Å². The van der Waals surface area contributed by atoms with E-state index in [1.165, 1.54) is 0 Å². The highest BCUT2D eigenvalue weighted by atomic mass is 35.5. The van der Waals surface area contributed by atoms with Crippen LogP contribution >= 0.6 is 11.6 Å². The molecule has 0 bridgehead atoms. The first kappa shape index (κ1) is 10.3. The summed E-state index contributed by atoms with van der Waals surface area (Å²) in [6.07, 6.45) is 0. The number of hydrogen-bond acceptors (Lipinski definition) is 2. The predicted octanol–water partition coefficient (Wildman–Crippen LogP) is 3.36. The number of aryl methyl sites for hydroxylation is 1. The molecule has 17 heavy (non-hydrogen) atoms. The molecule has 0 unspecified atom stereocenters. The first-order valence-corrected chi connectivity index (χ1v) is 5.70. The molecular formula is C13H10ClN3. The summed E-state index contributed by atoms with van der Waals surface area (Å²) in [5.74, 6) is 0.720. The molecule has 0 radical (unpaired) electrons. The summed E-state index contributed by atoms with van der Waals surface area (Å²) < 4.78 is 1.64. The molecule has 0 N–H and O–H groups in total. The maximum atomic E-state index is 6.19. The summed E-state index contributed by atoms with van der Waals surface area (Å²) in [4.78, 5) is 4.33. The molecule has 2 heterocycles. The number of aromatic nitrogens is 3. The summed E-state index contributed by atoms with van der Waals surface area (Å²) in [6, 6.07) is 14.0. The van der Waals surface area contributed by atoms with Crippen molar-refractivity contribution in [2.45, 2.75) is 6.92 Å². The minimum Gasteiger partial charge on any atom is -0.212 e. The van der Waals surface area contributed by atoms with Crippen LogP contribution in [0.5, 0.6) is 0 Å². The van der Waals surface area contributed by atoms with Crippen LogP contribution in [-0.4, -0.2) is 14.6 Å². The average Bonchev–Trinajstić information content (AvgIpc) is 2.71. The highest BCUT2D eigenvalue weighted by Gasteiger charge is 2.07. The van der Waals surface area contributed by atoms with E-state index in [9.17, 15) is 0 Å². The Morgan fingerprint density at radius 1 is 1.06 bits per heavy atom. The Labute approximate surface area is 104 Å². The van der Waals surface area contributed by atoms with Gasteiger partial charge >= 0.3 is 0 Å². The Hall–Kier alpha value is -1.87. The minimum atomic E-state index is 0.571. The zero-order valence-electron chi connectivity index (χ0n) is 9.26. The van der Waals surface area contributed by atoms with E-state index in [0.717, 1.165) is 22.6 Å². The normalized spacial score (nSPS) is 10.9. The maximum Gasteiger partial charge on any atom is 0.157 e. The van der Waals surface area contributed by atoms with Gasteiger partial charge in [-0.2, -0.15) is 5.10 Å². The third-order valence-corrected chi connectivity index (χ3v) is 2.88. The smallest absolute Gasteiger partial charge is 0.157 e. The number of benzene rings is 1. The molecule has 2 aromatic heterocycles. The van der Waals surface area contributed by atoms with Crippen molar-refractivity contribution >= 4 is 17.2 Å². The van der Waals surface area contributed by atoms with Gasteiger partial charge in [-0.25, -0.2) is 9.50 Å². The number of rotatable bonds is 1. The van der Waals surface area contributed by atoms with Crippen molar-refractivity contribution in [3.8, 4) is 11.1 Å². The van der Waals surface area contributed by atoms with Gasteiger partial charge in [-0.15, -0.1) is 0 Å². The molecule has 0 saturated carbocycles. The van der Waals surface area contributed by atoms with Gasteiger partial charge in [0.25, 0.3) is 0 Å². The van der Waals surface area contributed by atoms with Crippen molar-refractivity contribution in [3.63, 3.8) is 0 Å². The average molecular weight is 244 g/mol. The van der Waals surface area contributed by atoms with Gasteiger partial charge in [-0.3, -0.25) is 0 Å². The second kappa shape index (κ2) is 3.86. The highest BCUT2D eigenvalue weighted by molar-refractivity contribution is 6.30. The molecule has 0 aliphatic carbocycles. The van der Waals surface area contributed by atoms with E-state index in [0.29, 0.717) is 5.15 Å². The van der Waals surface area contributed by atoms with Crippen LogP contribution in [0.15, 0.2) is 42.5 Å². The number of halogens is 1. The lowest BCUT2D eigenvalue weighted by Crippen LogP contribution is -1.90. The fourth-order valence-electron chi connectivity index (χ4n) is 1.85. The van der Waals surface area contributed by atoms with Crippen molar-refractivity contribution < 1.29 is 0 Å². The maximum absolute atomic E-state index is 6.19. The van der Waals surface area contributed by atoms with Gasteiger partial charge in [0.2, 0.25) is 0 Å². The quantitative estimate of drug-likeness (QED) is 0.614. The Balaban J connectivity index is 2.25. The summed E-state index contributed by atoms with van der Waals surface area (Å²) in [7, 11) is 0. The molecule has 0 saturated heterocycles. The Morgan fingerprint density at radius 2 is 1.82 bits per heavy atom. The zero-order chi connectivity index (χ0) is 11.8. The fraction of sp³-hybridized carbons (Fsp3) is 0.0769. The lowest BCUT2D eigenvalue weighted by atomic mass is 10.1. The minimum absolute atomic E-state index is 0.571. The van der Waals surface area contributed by atoms with Crippen molar-refractivity contribution in [2.75, 3.05) is 0 Å². The van der Waals surface area contributed by atoms with Crippen LogP contribution in [0.2, 0.25) is 5.15 Å². The number of nitrogens with zero attached hydrogens (tertiary/aromatic N) is 3. The first-order chi connectivity index (χ1) is 8.24. The molecule has 4 heteroatoms. The number of pyridine rings is 1. The topological polar surface area (TPSA) is 30.2 Å². The van der Waals surface area contributed by atoms with Gasteiger partial charge in [0.15, 0.2) is 5.65 Å². The third-order valence-electron chi connectivity index (χ3n) is 2.61. The van der Waals surface area contributed by atoms with Crippen molar-refractivity contribution in [2.24, 2.45) is 0 Å². The Kier molecular flexibility index (Phi) is 2.34. The van der Waals surface area contributed by atoms with Gasteiger partial charge in [0.05, 0.1) is 0 Å². The van der Waals surface area contributed by atoms with Crippen LogP contribution in [0.4, 0.5) is 0 Å². The summed E-state index contributed by atoms with van der Waals surface area (Å²) in [5.41, 5.74) is 2.95. The van der Waals surface area contributed by atoms with Crippen LogP contribution in [-0.2, 0) is 0 Å². The van der Waals surface area contributed by atoms with Crippen LogP contribution < -0.4 is 0 Å². The molecule has 3 rings (SSSR count). The van der Waals surface area contributed by atoms with E-state index in [1.54, 1.807) is 4.52 Å². The first-order valence-electron chi connectivity index (χ1n) is 5.32. The lowest BCUT2D eigenvalue weighted by molar-refractivity contribution is 0.932. The summed E-state index contributed by atoms with van der Waals surface area (Å²) in [5, 5.41) is 4.79. The van der Waals surface area contributed by atoms with E-state index in [2.05, 4.69) is 10.1 Å². The predicted molar refractivity (Wildman–Crippen MR) is 68.2 cm³/mol. The monoisotopic (exact) mass is 243 g/mol. The highest BCUT2D eigenvalue weighted by Crippen LogP contribution is 2.24. The fourth-order valence-corrected chi connectivity index (χ4v) is 2.09. The van der Waals surface area contributed by atoms with E-state index in [4.69, 9.17) is 11.6 Å². The molecule has 84 valence electrons. The van der Waals surface area contributed by atoms with Gasteiger partial charge in [-0.1, -0.05) is 41.9 Å². The van der Waals surface area contributed by atoms with E-state index in [-0.39, 0.29) is 0 Å². The van der Waals surface area contributed by atoms with Crippen LogP contribution in [0, 0.1) is 6.92 Å². The number of fused-ring (bicyclic) bond motifs is 1. The molecule has 1 aromatic carbocycles. The van der Waals surface area contributed by atoms with E-state index < -0.39 is 0 Å². The molecule has 0 atom stereocenters. The summed E-state index contributed by atoms with van der Waals surface area (Å²) in [6.45, 7) is 1.85. The number of hydrogen-bond donors (Lipinski definition) is 0. The molecule has 3 nitrogen and oxygen atoms in total. The lowest BCUT2D eigenvalue weighted by Gasteiger charge is -2.03. The molecule has 0 amide bonds. The molecule has 0 spiro atoms. The van der Waals surface area contributed by atoms with Gasteiger partial charge in [0, 0.05) is 0 Å². The molecule has 0 aliphatic rings. The molecule has 0 aliphatic heterocycles. The van der Waals surface area contributed by atoms with Crippen molar-refractivity contribution in [1.82, 2.24) is 14.6 Å². The molecular weight excluding hydrogens is 234 g/mol.